The molecule has 2 aromatic rings. The van der Waals surface area contributed by atoms with Gasteiger partial charge in [0.1, 0.15) is 29.5 Å². The molecule has 0 fully saturated rings. The van der Waals surface area contributed by atoms with Gasteiger partial charge < -0.3 is 14.2 Å². The van der Waals surface area contributed by atoms with Gasteiger partial charge in [-0.05, 0) is 29.8 Å². The zero-order chi connectivity index (χ0) is 18.0. The molecule has 0 amide bonds. The van der Waals surface area contributed by atoms with Gasteiger partial charge in [-0.3, -0.25) is 9.59 Å². The maximum atomic E-state index is 12.9. The molecule has 2 aromatic carbocycles. The predicted molar refractivity (Wildman–Crippen MR) is 82.9 cm³/mol. The Morgan fingerprint density at radius 1 is 1.16 bits per heavy atom. The second-order valence-electron chi connectivity index (χ2n) is 5.26. The minimum Gasteiger partial charge on any atom is -0.488 e. The lowest BCUT2D eigenvalue weighted by atomic mass is 10.0. The Labute approximate surface area is 142 Å². The van der Waals surface area contributed by atoms with E-state index < -0.39 is 23.6 Å². The van der Waals surface area contributed by atoms with E-state index in [-0.39, 0.29) is 29.5 Å². The van der Waals surface area contributed by atoms with Crippen molar-refractivity contribution in [1.82, 2.24) is 0 Å². The smallest absolute Gasteiger partial charge is 0.378 e. The quantitative estimate of drug-likeness (QED) is 0.469. The first-order chi connectivity index (χ1) is 12.0. The zero-order valence-corrected chi connectivity index (χ0v) is 13.2. The number of Topliss-reactive ketones (excluding diaryl/α,β-unsaturated/α-hetero) is 2. The van der Waals surface area contributed by atoms with Crippen LogP contribution < -0.4 is 9.47 Å². The highest BCUT2D eigenvalue weighted by molar-refractivity contribution is 6.42. The zero-order valence-electron chi connectivity index (χ0n) is 13.2. The number of hydrogen-bond acceptors (Lipinski definition) is 6. The van der Waals surface area contributed by atoms with E-state index in [0.717, 1.165) is 7.11 Å². The summed E-state index contributed by atoms with van der Waals surface area (Å²) in [5.41, 5.74) is 0.791. The molecule has 0 spiro atoms. The molecule has 1 atom stereocenters. The first-order valence-electron chi connectivity index (χ1n) is 7.34. The summed E-state index contributed by atoms with van der Waals surface area (Å²) < 4.78 is 28.1. The van der Waals surface area contributed by atoms with Gasteiger partial charge in [-0.1, -0.05) is 18.2 Å². The third-order valence-corrected chi connectivity index (χ3v) is 3.65. The van der Waals surface area contributed by atoms with Crippen LogP contribution in [0.1, 0.15) is 15.9 Å². The van der Waals surface area contributed by atoms with E-state index in [9.17, 15) is 18.8 Å². The fourth-order valence-electron chi connectivity index (χ4n) is 2.41. The maximum Gasteiger partial charge on any atom is 0.378 e. The molecule has 6 nitrogen and oxygen atoms in total. The van der Waals surface area contributed by atoms with Crippen molar-refractivity contribution in [3.05, 3.63) is 59.4 Å². The number of carbonyl (C=O) groups excluding carboxylic acids is 3. The first-order valence-corrected chi connectivity index (χ1v) is 7.34. The van der Waals surface area contributed by atoms with E-state index in [2.05, 4.69) is 4.74 Å². The lowest BCUT2D eigenvalue weighted by molar-refractivity contribution is -0.153. The molecule has 0 aromatic heterocycles. The van der Waals surface area contributed by atoms with Crippen LogP contribution in [-0.4, -0.2) is 30.7 Å². The van der Waals surface area contributed by atoms with Crippen LogP contribution in [-0.2, 0) is 20.9 Å². The molecule has 1 aliphatic rings. The van der Waals surface area contributed by atoms with Gasteiger partial charge in [-0.2, -0.15) is 0 Å². The van der Waals surface area contributed by atoms with Crippen LogP contribution in [0.2, 0.25) is 0 Å². The second kappa shape index (κ2) is 6.72. The van der Waals surface area contributed by atoms with E-state index >= 15 is 0 Å². The van der Waals surface area contributed by atoms with Gasteiger partial charge in [0.25, 0.3) is 5.78 Å². The Hall–Kier alpha value is -3.22. The van der Waals surface area contributed by atoms with Crippen LogP contribution in [0.3, 0.4) is 0 Å². The monoisotopic (exact) mass is 344 g/mol. The number of fused-ring (bicyclic) bond motifs is 1. The van der Waals surface area contributed by atoms with Crippen LogP contribution in [0.4, 0.5) is 4.39 Å². The molecule has 1 aliphatic heterocycles. The largest absolute Gasteiger partial charge is 0.488 e. The number of rotatable bonds is 5. The summed E-state index contributed by atoms with van der Waals surface area (Å²) in [5, 5.41) is 0. The van der Waals surface area contributed by atoms with Gasteiger partial charge in [-0.15, -0.1) is 0 Å². The van der Waals surface area contributed by atoms with Crippen molar-refractivity contribution < 1.29 is 33.0 Å². The summed E-state index contributed by atoms with van der Waals surface area (Å²) in [6.07, 6.45) is -1.57. The minimum atomic E-state index is -1.57. The minimum absolute atomic E-state index is 0.0897. The highest BCUT2D eigenvalue weighted by Crippen LogP contribution is 2.36. The van der Waals surface area contributed by atoms with E-state index in [1.807, 2.05) is 0 Å². The summed E-state index contributed by atoms with van der Waals surface area (Å²) in [6.45, 7) is 0.0969. The fourth-order valence-corrected chi connectivity index (χ4v) is 2.41. The van der Waals surface area contributed by atoms with Crippen molar-refractivity contribution in [2.75, 3.05) is 7.11 Å². The third-order valence-electron chi connectivity index (χ3n) is 3.65. The summed E-state index contributed by atoms with van der Waals surface area (Å²) in [7, 11) is 1.05. The fraction of sp³-hybridized carbons (Fsp3) is 0.167. The standard InChI is InChI=1S/C18H13FO6/c1-23-18(22)16(21)17-15(20)14-12(3-2-4-13(14)25-17)24-9-10-5-7-11(19)8-6-10/h2-8,17H,9H2,1H3. The van der Waals surface area contributed by atoms with Crippen molar-refractivity contribution in [3.63, 3.8) is 0 Å². The van der Waals surface area contributed by atoms with E-state index in [0.29, 0.717) is 5.56 Å². The number of carbonyl (C=O) groups is 3. The number of ketones is 2. The molecule has 0 aliphatic carbocycles. The van der Waals surface area contributed by atoms with Gasteiger partial charge in [0, 0.05) is 0 Å². The molecule has 7 heteroatoms. The van der Waals surface area contributed by atoms with Crippen molar-refractivity contribution in [2.45, 2.75) is 12.7 Å². The maximum absolute atomic E-state index is 12.9. The lowest BCUT2D eigenvalue weighted by Gasteiger charge is -2.08. The number of esters is 1. The van der Waals surface area contributed by atoms with Crippen molar-refractivity contribution in [2.24, 2.45) is 0 Å². The number of benzene rings is 2. The Morgan fingerprint density at radius 2 is 1.88 bits per heavy atom. The van der Waals surface area contributed by atoms with Crippen LogP contribution in [0.15, 0.2) is 42.5 Å². The van der Waals surface area contributed by atoms with E-state index in [1.165, 1.54) is 18.2 Å². The molecule has 0 saturated carbocycles. The van der Waals surface area contributed by atoms with Gasteiger partial charge in [0.2, 0.25) is 11.9 Å². The third kappa shape index (κ3) is 3.21. The normalized spacial score (nSPS) is 15.3. The first kappa shape index (κ1) is 16.6. The van der Waals surface area contributed by atoms with Gasteiger partial charge in [-0.25, -0.2) is 9.18 Å². The topological polar surface area (TPSA) is 78.9 Å². The Balaban J connectivity index is 1.81. The summed E-state index contributed by atoms with van der Waals surface area (Å²) >= 11 is 0. The lowest BCUT2D eigenvalue weighted by Crippen LogP contribution is -2.36. The molecule has 1 heterocycles. The summed E-state index contributed by atoms with van der Waals surface area (Å²) in [5.74, 6) is -2.89. The van der Waals surface area contributed by atoms with Crippen LogP contribution >= 0.6 is 0 Å². The van der Waals surface area contributed by atoms with Crippen LogP contribution in [0, 0.1) is 5.82 Å². The number of halogens is 1. The number of ether oxygens (including phenoxy) is 3. The van der Waals surface area contributed by atoms with Gasteiger partial charge in [0.05, 0.1) is 7.11 Å². The van der Waals surface area contributed by atoms with Gasteiger partial charge >= 0.3 is 5.97 Å². The predicted octanol–water partition coefficient (Wildman–Crippen LogP) is 2.09. The summed E-state index contributed by atoms with van der Waals surface area (Å²) in [6, 6.07) is 10.4. The molecule has 0 radical (unpaired) electrons. The van der Waals surface area contributed by atoms with E-state index in [4.69, 9.17) is 9.47 Å². The molecule has 0 saturated heterocycles. The molecular formula is C18H13FO6. The molecular weight excluding hydrogens is 331 g/mol. The van der Waals surface area contributed by atoms with Crippen molar-refractivity contribution in [1.29, 1.82) is 0 Å². The molecule has 3 rings (SSSR count). The SMILES string of the molecule is COC(=O)C(=O)C1Oc2cccc(OCc3ccc(F)cc3)c2C1=O. The Kier molecular flexibility index (Phi) is 4.47. The second-order valence-corrected chi connectivity index (χ2v) is 5.26. The molecule has 25 heavy (non-hydrogen) atoms. The summed E-state index contributed by atoms with van der Waals surface area (Å²) in [4.78, 5) is 35.7. The van der Waals surface area contributed by atoms with E-state index in [1.54, 1.807) is 24.3 Å². The average molecular weight is 344 g/mol. The van der Waals surface area contributed by atoms with Crippen molar-refractivity contribution in [3.8, 4) is 11.5 Å². The average Bonchev–Trinajstić information content (AvgIpc) is 2.97. The Bertz CT molecular complexity index is 843. The number of hydrogen-bond donors (Lipinski definition) is 0. The van der Waals surface area contributed by atoms with Crippen LogP contribution in [0.25, 0.3) is 0 Å². The highest BCUT2D eigenvalue weighted by atomic mass is 19.1. The van der Waals surface area contributed by atoms with Gasteiger partial charge in [0.15, 0.2) is 0 Å². The molecule has 1 unspecified atom stereocenters. The highest BCUT2D eigenvalue weighted by Gasteiger charge is 2.43. The Morgan fingerprint density at radius 3 is 2.56 bits per heavy atom. The van der Waals surface area contributed by atoms with Crippen LogP contribution in [0.5, 0.6) is 11.5 Å². The molecule has 0 N–H and O–H groups in total. The number of methoxy groups -OCH3 is 1. The van der Waals surface area contributed by atoms with Crippen molar-refractivity contribution >= 4 is 17.5 Å². The molecule has 128 valence electrons. The molecule has 0 bridgehead atoms.